The fourth-order valence-electron chi connectivity index (χ4n) is 2.93. The first kappa shape index (κ1) is 18.9. The molecule has 0 bridgehead atoms. The van der Waals surface area contributed by atoms with Crippen LogP contribution >= 0.6 is 0 Å². The van der Waals surface area contributed by atoms with Gasteiger partial charge in [0, 0.05) is 19.2 Å². The van der Waals surface area contributed by atoms with Gasteiger partial charge in [-0.2, -0.15) is 0 Å². The van der Waals surface area contributed by atoms with Gasteiger partial charge in [-0.1, -0.05) is 12.1 Å². The summed E-state index contributed by atoms with van der Waals surface area (Å²) in [6, 6.07) is 6.36. The molecule has 0 spiro atoms. The zero-order chi connectivity index (χ0) is 18.2. The van der Waals surface area contributed by atoms with Crippen LogP contribution in [0.25, 0.3) is 6.08 Å². The SMILES string of the molecule is CN=C1/C(=C(\N)C(=O)NCCO)CCCC/C1=C\c1cccc(F)c1. The molecule has 1 aliphatic rings. The van der Waals surface area contributed by atoms with E-state index in [1.165, 1.54) is 12.1 Å². The van der Waals surface area contributed by atoms with Gasteiger partial charge in [0.05, 0.1) is 12.3 Å². The monoisotopic (exact) mass is 345 g/mol. The summed E-state index contributed by atoms with van der Waals surface area (Å²) in [7, 11) is 1.67. The molecule has 134 valence electrons. The third kappa shape index (κ3) is 5.00. The van der Waals surface area contributed by atoms with Crippen LogP contribution in [-0.4, -0.2) is 36.9 Å². The molecule has 0 heterocycles. The van der Waals surface area contributed by atoms with Crippen molar-refractivity contribution in [1.82, 2.24) is 5.32 Å². The van der Waals surface area contributed by atoms with Crippen LogP contribution in [-0.2, 0) is 4.79 Å². The van der Waals surface area contributed by atoms with Gasteiger partial charge >= 0.3 is 0 Å². The highest BCUT2D eigenvalue weighted by Crippen LogP contribution is 2.27. The van der Waals surface area contributed by atoms with E-state index in [-0.39, 0.29) is 24.7 Å². The number of hydrogen-bond acceptors (Lipinski definition) is 4. The van der Waals surface area contributed by atoms with E-state index >= 15 is 0 Å². The second-order valence-electron chi connectivity index (χ2n) is 5.88. The summed E-state index contributed by atoms with van der Waals surface area (Å²) in [5.74, 6) is -0.700. The number of carbonyl (C=O) groups is 1. The number of carbonyl (C=O) groups excluding carboxylic acids is 1. The molecule has 0 atom stereocenters. The van der Waals surface area contributed by atoms with E-state index in [1.807, 2.05) is 12.1 Å². The second-order valence-corrected chi connectivity index (χ2v) is 5.88. The summed E-state index contributed by atoms with van der Waals surface area (Å²) in [5, 5.41) is 11.4. The number of nitrogens with one attached hydrogen (secondary N) is 1. The van der Waals surface area contributed by atoms with Gasteiger partial charge in [-0.3, -0.25) is 9.79 Å². The second kappa shape index (κ2) is 9.13. The minimum absolute atomic E-state index is 0.126. The average molecular weight is 345 g/mol. The Morgan fingerprint density at radius 1 is 1.40 bits per heavy atom. The Morgan fingerprint density at radius 2 is 2.16 bits per heavy atom. The average Bonchev–Trinajstić information content (AvgIpc) is 2.80. The fourth-order valence-corrected chi connectivity index (χ4v) is 2.93. The quantitative estimate of drug-likeness (QED) is 0.577. The highest BCUT2D eigenvalue weighted by atomic mass is 19.1. The van der Waals surface area contributed by atoms with Crippen molar-refractivity contribution in [3.05, 3.63) is 52.5 Å². The summed E-state index contributed by atoms with van der Waals surface area (Å²) in [5.41, 5.74) is 9.29. The highest BCUT2D eigenvalue weighted by molar-refractivity contribution is 6.18. The molecule has 1 amide bonds. The Balaban J connectivity index is 2.41. The number of aliphatic hydroxyl groups is 1. The molecule has 0 aromatic heterocycles. The van der Waals surface area contributed by atoms with Crippen molar-refractivity contribution in [1.29, 1.82) is 0 Å². The molecular weight excluding hydrogens is 321 g/mol. The van der Waals surface area contributed by atoms with Crippen LogP contribution in [0.5, 0.6) is 0 Å². The Hall–Kier alpha value is -2.47. The summed E-state index contributed by atoms with van der Waals surface area (Å²) in [4.78, 5) is 16.5. The molecule has 25 heavy (non-hydrogen) atoms. The van der Waals surface area contributed by atoms with Gasteiger partial charge in [0.25, 0.3) is 5.91 Å². The minimum Gasteiger partial charge on any atom is -0.395 e. The van der Waals surface area contributed by atoms with E-state index in [1.54, 1.807) is 13.1 Å². The van der Waals surface area contributed by atoms with Crippen LogP contribution in [0.4, 0.5) is 4.39 Å². The van der Waals surface area contributed by atoms with Crippen molar-refractivity contribution in [2.75, 3.05) is 20.2 Å². The first-order valence-electron chi connectivity index (χ1n) is 8.38. The van der Waals surface area contributed by atoms with Crippen molar-refractivity contribution < 1.29 is 14.3 Å². The predicted molar refractivity (Wildman–Crippen MR) is 97.5 cm³/mol. The van der Waals surface area contributed by atoms with Crippen LogP contribution < -0.4 is 11.1 Å². The minimum atomic E-state index is -0.405. The molecule has 1 saturated carbocycles. The summed E-state index contributed by atoms with van der Waals surface area (Å²) >= 11 is 0. The van der Waals surface area contributed by atoms with Crippen molar-refractivity contribution in [2.24, 2.45) is 10.7 Å². The lowest BCUT2D eigenvalue weighted by Gasteiger charge is -2.14. The Morgan fingerprint density at radius 3 is 2.84 bits per heavy atom. The maximum Gasteiger partial charge on any atom is 0.267 e. The van der Waals surface area contributed by atoms with Crippen LogP contribution in [0, 0.1) is 5.82 Å². The molecule has 5 nitrogen and oxygen atoms in total. The molecule has 0 saturated heterocycles. The smallest absolute Gasteiger partial charge is 0.267 e. The highest BCUT2D eigenvalue weighted by Gasteiger charge is 2.22. The molecule has 4 N–H and O–H groups in total. The van der Waals surface area contributed by atoms with E-state index in [0.29, 0.717) is 17.7 Å². The predicted octanol–water partition coefficient (Wildman–Crippen LogP) is 2.18. The third-order valence-electron chi connectivity index (χ3n) is 4.09. The number of aliphatic imine (C=N–C) groups is 1. The molecule has 0 unspecified atom stereocenters. The first-order valence-corrected chi connectivity index (χ1v) is 8.38. The van der Waals surface area contributed by atoms with Crippen molar-refractivity contribution >= 4 is 17.7 Å². The van der Waals surface area contributed by atoms with Crippen LogP contribution in [0.2, 0.25) is 0 Å². The van der Waals surface area contributed by atoms with Crippen molar-refractivity contribution in [3.8, 4) is 0 Å². The fraction of sp³-hybridized carbons (Fsp3) is 0.368. The molecule has 1 aliphatic carbocycles. The normalized spacial score (nSPS) is 20.4. The number of allylic oxidation sites excluding steroid dienone is 2. The molecule has 2 rings (SSSR count). The zero-order valence-corrected chi connectivity index (χ0v) is 14.4. The van der Waals surface area contributed by atoms with Crippen molar-refractivity contribution in [2.45, 2.75) is 25.7 Å². The lowest BCUT2D eigenvalue weighted by Crippen LogP contribution is -2.32. The van der Waals surface area contributed by atoms with Crippen LogP contribution in [0.15, 0.2) is 46.1 Å². The molecule has 1 aromatic carbocycles. The van der Waals surface area contributed by atoms with Gasteiger partial charge in [-0.15, -0.1) is 0 Å². The number of rotatable bonds is 4. The Bertz CT molecular complexity index is 723. The lowest BCUT2D eigenvalue weighted by molar-refractivity contribution is -0.117. The molecule has 1 aromatic rings. The maximum absolute atomic E-state index is 13.4. The maximum atomic E-state index is 13.4. The van der Waals surface area contributed by atoms with Crippen LogP contribution in [0.1, 0.15) is 31.2 Å². The standard InChI is InChI=1S/C19H24FN3O2/c1-22-18-14(11-13-5-4-7-15(20)12-13)6-2-3-8-16(18)17(21)19(25)23-9-10-24/h4-5,7,11-12,24H,2-3,6,8-10,21H2,1H3,(H,23,25)/b14-11+,17-16-,22-18?. The number of hydrogen-bond donors (Lipinski definition) is 3. The largest absolute Gasteiger partial charge is 0.395 e. The van der Waals surface area contributed by atoms with E-state index in [4.69, 9.17) is 10.8 Å². The summed E-state index contributed by atoms with van der Waals surface area (Å²) in [6.45, 7) is 0.00516. The lowest BCUT2D eigenvalue weighted by atomic mass is 9.97. The van der Waals surface area contributed by atoms with E-state index in [2.05, 4.69) is 10.3 Å². The van der Waals surface area contributed by atoms with Gasteiger partial charge in [0.2, 0.25) is 0 Å². The van der Waals surface area contributed by atoms with Gasteiger partial charge in [-0.05, 0) is 55.0 Å². The number of benzene rings is 1. The van der Waals surface area contributed by atoms with E-state index in [0.717, 1.165) is 30.4 Å². The number of amides is 1. The zero-order valence-electron chi connectivity index (χ0n) is 14.4. The number of nitrogens with two attached hydrogens (primary N) is 1. The first-order chi connectivity index (χ1) is 12.1. The topological polar surface area (TPSA) is 87.7 Å². The number of aliphatic hydroxyl groups excluding tert-OH is 1. The molecule has 0 radical (unpaired) electrons. The summed E-state index contributed by atoms with van der Waals surface area (Å²) < 4.78 is 13.4. The van der Waals surface area contributed by atoms with Gasteiger partial charge < -0.3 is 16.2 Å². The van der Waals surface area contributed by atoms with Crippen molar-refractivity contribution in [3.63, 3.8) is 0 Å². The number of halogens is 1. The third-order valence-corrected chi connectivity index (χ3v) is 4.09. The van der Waals surface area contributed by atoms with Gasteiger partial charge in [-0.25, -0.2) is 4.39 Å². The van der Waals surface area contributed by atoms with Gasteiger partial charge in [0.1, 0.15) is 11.5 Å². The van der Waals surface area contributed by atoms with E-state index in [9.17, 15) is 9.18 Å². The molecular formula is C19H24FN3O2. The van der Waals surface area contributed by atoms with Crippen LogP contribution in [0.3, 0.4) is 0 Å². The molecule has 6 heteroatoms. The molecule has 1 fully saturated rings. The summed E-state index contributed by atoms with van der Waals surface area (Å²) in [6.07, 6.45) is 5.18. The molecule has 0 aliphatic heterocycles. The Kier molecular flexibility index (Phi) is 6.89. The Labute approximate surface area is 147 Å². The van der Waals surface area contributed by atoms with Gasteiger partial charge in [0.15, 0.2) is 0 Å². The van der Waals surface area contributed by atoms with E-state index < -0.39 is 5.91 Å². The number of nitrogens with zero attached hydrogens (tertiary/aromatic N) is 1.